The predicted molar refractivity (Wildman–Crippen MR) is 57.6 cm³/mol. The summed E-state index contributed by atoms with van der Waals surface area (Å²) in [5.74, 6) is -1.37. The highest BCUT2D eigenvalue weighted by molar-refractivity contribution is 7.09. The molecule has 2 heterocycles. The summed E-state index contributed by atoms with van der Waals surface area (Å²) in [5.41, 5.74) is -2.70. The van der Waals surface area contributed by atoms with Crippen molar-refractivity contribution in [2.75, 3.05) is 18.0 Å². The minimum atomic E-state index is -4.77. The van der Waals surface area contributed by atoms with E-state index in [-0.39, 0.29) is 6.54 Å². The third kappa shape index (κ3) is 1.92. The van der Waals surface area contributed by atoms with Crippen LogP contribution in [0.15, 0.2) is 0 Å². The van der Waals surface area contributed by atoms with Crippen molar-refractivity contribution < 1.29 is 23.1 Å². The highest BCUT2D eigenvalue weighted by Crippen LogP contribution is 2.46. The van der Waals surface area contributed by atoms with Crippen LogP contribution < -0.4 is 4.90 Å². The monoisotopic (exact) mass is 281 g/mol. The van der Waals surface area contributed by atoms with Gasteiger partial charge in [0.25, 0.3) is 0 Å². The molecule has 1 unspecified atom stereocenters. The first-order valence-electron chi connectivity index (χ1n) is 5.12. The van der Waals surface area contributed by atoms with Gasteiger partial charge in [0, 0.05) is 24.6 Å². The van der Waals surface area contributed by atoms with E-state index in [4.69, 9.17) is 5.11 Å². The zero-order chi connectivity index (χ0) is 13.6. The van der Waals surface area contributed by atoms with Crippen molar-refractivity contribution in [2.45, 2.75) is 19.5 Å². The Labute approximate surface area is 104 Å². The van der Waals surface area contributed by atoms with Crippen LogP contribution in [0.4, 0.5) is 18.3 Å². The van der Waals surface area contributed by atoms with Gasteiger partial charge < -0.3 is 10.0 Å². The number of aromatic nitrogens is 2. The van der Waals surface area contributed by atoms with Gasteiger partial charge in [0.1, 0.15) is 5.82 Å². The first-order valence-corrected chi connectivity index (χ1v) is 5.89. The largest absolute Gasteiger partial charge is 0.481 e. The Balaban J connectivity index is 2.27. The minimum absolute atomic E-state index is 0.0143. The molecule has 1 aromatic heterocycles. The number of carboxylic acid groups (broad SMARTS) is 1. The van der Waals surface area contributed by atoms with E-state index in [0.29, 0.717) is 11.0 Å². The van der Waals surface area contributed by atoms with E-state index in [1.54, 1.807) is 6.92 Å². The molecule has 1 N–H and O–H groups in total. The molecule has 1 aliphatic heterocycles. The molecule has 1 fully saturated rings. The Hall–Kier alpha value is -1.38. The van der Waals surface area contributed by atoms with Gasteiger partial charge in [0.05, 0.1) is 0 Å². The number of anilines is 1. The first-order chi connectivity index (χ1) is 8.26. The number of rotatable bonds is 2. The van der Waals surface area contributed by atoms with E-state index in [1.165, 1.54) is 4.90 Å². The Bertz CT molecular complexity index is 476. The molecule has 1 atom stereocenters. The summed E-state index contributed by atoms with van der Waals surface area (Å²) in [6.07, 6.45) is -5.24. The van der Waals surface area contributed by atoms with E-state index in [9.17, 15) is 18.0 Å². The fourth-order valence-electron chi connectivity index (χ4n) is 1.91. The van der Waals surface area contributed by atoms with Crippen molar-refractivity contribution in [3.63, 3.8) is 0 Å². The maximum Gasteiger partial charge on any atom is 0.406 e. The summed E-state index contributed by atoms with van der Waals surface area (Å²) in [5, 5.41) is 9.22. The second-order valence-corrected chi connectivity index (χ2v) is 4.91. The average molecular weight is 281 g/mol. The number of nitrogens with zero attached hydrogens (tertiary/aromatic N) is 3. The zero-order valence-electron chi connectivity index (χ0n) is 9.36. The van der Waals surface area contributed by atoms with Crippen LogP contribution in [0.25, 0.3) is 0 Å². The lowest BCUT2D eigenvalue weighted by molar-refractivity contribution is -0.225. The Kier molecular flexibility index (Phi) is 2.96. The van der Waals surface area contributed by atoms with Crippen molar-refractivity contribution >= 4 is 22.6 Å². The highest BCUT2D eigenvalue weighted by atomic mass is 32.1. The minimum Gasteiger partial charge on any atom is -0.481 e. The van der Waals surface area contributed by atoms with Gasteiger partial charge in [0.2, 0.25) is 5.13 Å². The van der Waals surface area contributed by atoms with E-state index < -0.39 is 30.5 Å². The molecule has 0 amide bonds. The topological polar surface area (TPSA) is 66.3 Å². The third-order valence-electron chi connectivity index (χ3n) is 3.01. The van der Waals surface area contributed by atoms with Gasteiger partial charge in [-0.15, -0.1) is 0 Å². The van der Waals surface area contributed by atoms with E-state index >= 15 is 0 Å². The standard InChI is InChI=1S/C9H10F3N3O2S/c1-5-13-7(18-14-5)15-3-2-8(4-15,6(16)17)9(10,11)12/h2-4H2,1H3,(H,16,17). The Morgan fingerprint density at radius 3 is 2.61 bits per heavy atom. The average Bonchev–Trinajstić information content (AvgIpc) is 2.82. The number of aliphatic carboxylic acids is 1. The molecule has 0 aliphatic carbocycles. The van der Waals surface area contributed by atoms with Crippen LogP contribution in [0, 0.1) is 12.3 Å². The molecule has 9 heteroatoms. The van der Waals surface area contributed by atoms with Crippen LogP contribution in [0.1, 0.15) is 12.2 Å². The molecule has 1 aromatic rings. The summed E-state index contributed by atoms with van der Waals surface area (Å²) in [7, 11) is 0. The summed E-state index contributed by atoms with van der Waals surface area (Å²) < 4.78 is 42.6. The third-order valence-corrected chi connectivity index (χ3v) is 3.88. The molecule has 0 saturated carbocycles. The van der Waals surface area contributed by atoms with Gasteiger partial charge >= 0.3 is 12.1 Å². The Morgan fingerprint density at radius 2 is 2.22 bits per heavy atom. The molecule has 0 aromatic carbocycles. The predicted octanol–water partition coefficient (Wildman–Crippen LogP) is 1.69. The molecule has 100 valence electrons. The van der Waals surface area contributed by atoms with Crippen LogP contribution >= 0.6 is 11.5 Å². The van der Waals surface area contributed by atoms with Crippen LogP contribution in [0.3, 0.4) is 0 Å². The van der Waals surface area contributed by atoms with Crippen LogP contribution in [0.2, 0.25) is 0 Å². The number of halogens is 3. The van der Waals surface area contributed by atoms with Crippen LogP contribution in [0.5, 0.6) is 0 Å². The second kappa shape index (κ2) is 4.08. The lowest BCUT2D eigenvalue weighted by atomic mass is 9.86. The molecular formula is C9H10F3N3O2S. The molecule has 2 rings (SSSR count). The smallest absolute Gasteiger partial charge is 0.406 e. The first kappa shape index (κ1) is 13.1. The maximum atomic E-state index is 12.9. The van der Waals surface area contributed by atoms with E-state index in [1.807, 2.05) is 0 Å². The van der Waals surface area contributed by atoms with Gasteiger partial charge in [-0.1, -0.05) is 0 Å². The van der Waals surface area contributed by atoms with Gasteiger partial charge in [-0.05, 0) is 13.3 Å². The normalized spacial score (nSPS) is 24.6. The summed E-state index contributed by atoms with van der Waals surface area (Å²) in [6.45, 7) is 1.03. The molecule has 5 nitrogen and oxygen atoms in total. The van der Waals surface area contributed by atoms with Crippen LogP contribution in [-0.2, 0) is 4.79 Å². The summed E-state index contributed by atoms with van der Waals surface area (Å²) in [4.78, 5) is 16.3. The molecule has 0 bridgehead atoms. The lowest BCUT2D eigenvalue weighted by Gasteiger charge is -2.26. The molecule has 1 saturated heterocycles. The zero-order valence-corrected chi connectivity index (χ0v) is 10.2. The molecule has 0 spiro atoms. The highest BCUT2D eigenvalue weighted by Gasteiger charge is 2.64. The van der Waals surface area contributed by atoms with Crippen molar-refractivity contribution in [1.29, 1.82) is 0 Å². The number of carboxylic acids is 1. The van der Waals surface area contributed by atoms with Crippen molar-refractivity contribution in [1.82, 2.24) is 9.36 Å². The number of hydrogen-bond acceptors (Lipinski definition) is 5. The van der Waals surface area contributed by atoms with E-state index in [2.05, 4.69) is 9.36 Å². The fraction of sp³-hybridized carbons (Fsp3) is 0.667. The van der Waals surface area contributed by atoms with Crippen molar-refractivity contribution in [3.05, 3.63) is 5.82 Å². The van der Waals surface area contributed by atoms with Crippen molar-refractivity contribution in [2.24, 2.45) is 5.41 Å². The maximum absolute atomic E-state index is 12.9. The van der Waals surface area contributed by atoms with Crippen molar-refractivity contribution in [3.8, 4) is 0 Å². The van der Waals surface area contributed by atoms with Crippen LogP contribution in [-0.4, -0.2) is 39.7 Å². The summed E-state index contributed by atoms with van der Waals surface area (Å²) >= 11 is 0.974. The molecule has 18 heavy (non-hydrogen) atoms. The molecule has 0 radical (unpaired) electrons. The molecular weight excluding hydrogens is 271 g/mol. The number of alkyl halides is 3. The Morgan fingerprint density at radius 1 is 1.56 bits per heavy atom. The van der Waals surface area contributed by atoms with Gasteiger partial charge in [-0.2, -0.15) is 17.5 Å². The van der Waals surface area contributed by atoms with Gasteiger partial charge in [-0.25, -0.2) is 4.98 Å². The SMILES string of the molecule is Cc1nsc(N2CCC(C(=O)O)(C(F)(F)F)C2)n1. The number of carbonyl (C=O) groups is 1. The molecule has 1 aliphatic rings. The lowest BCUT2D eigenvalue weighted by Crippen LogP contribution is -2.47. The van der Waals surface area contributed by atoms with Gasteiger partial charge in [-0.3, -0.25) is 4.79 Å². The number of aryl methyl sites for hydroxylation is 1. The van der Waals surface area contributed by atoms with E-state index in [0.717, 1.165) is 11.5 Å². The quantitative estimate of drug-likeness (QED) is 0.893. The number of hydrogen-bond donors (Lipinski definition) is 1. The second-order valence-electron chi connectivity index (χ2n) is 4.18. The summed E-state index contributed by atoms with van der Waals surface area (Å²) in [6, 6.07) is 0. The van der Waals surface area contributed by atoms with Gasteiger partial charge in [0.15, 0.2) is 5.41 Å². The fourth-order valence-corrected chi connectivity index (χ4v) is 2.61.